The Morgan fingerprint density at radius 1 is 1.60 bits per heavy atom. The third-order valence-corrected chi connectivity index (χ3v) is 6.63. The van der Waals surface area contributed by atoms with Crippen LogP contribution >= 0.6 is 38.9 Å². The van der Waals surface area contributed by atoms with Gasteiger partial charge < -0.3 is 0 Å². The van der Waals surface area contributed by atoms with Crippen LogP contribution < -0.4 is 0 Å². The lowest BCUT2D eigenvalue weighted by molar-refractivity contribution is 0.417. The van der Waals surface area contributed by atoms with E-state index >= 15 is 0 Å². The van der Waals surface area contributed by atoms with Gasteiger partial charge in [-0.25, -0.2) is 8.42 Å². The molecule has 0 radical (unpaired) electrons. The van der Waals surface area contributed by atoms with Crippen molar-refractivity contribution in [2.45, 2.75) is 17.2 Å². The lowest BCUT2D eigenvalue weighted by atomic mass is 10.4. The molecule has 0 aromatic carbocycles. The lowest BCUT2D eigenvalue weighted by Gasteiger charge is -2.21. The van der Waals surface area contributed by atoms with Crippen LogP contribution in [0.25, 0.3) is 0 Å². The molecule has 0 spiro atoms. The van der Waals surface area contributed by atoms with Gasteiger partial charge in [-0.2, -0.15) is 4.31 Å². The number of sulfonamides is 1. The van der Waals surface area contributed by atoms with Gasteiger partial charge >= 0.3 is 0 Å². The maximum absolute atomic E-state index is 12.0. The Balaban J connectivity index is 3.03. The molecule has 0 saturated carbocycles. The largest absolute Gasteiger partial charge is 0.252 e. The normalized spacial score (nSPS) is 14.5. The fraction of sp³-hybridized carbons (Fsp3) is 0.500. The highest BCUT2D eigenvalue weighted by Crippen LogP contribution is 2.28. The van der Waals surface area contributed by atoms with Gasteiger partial charge in [-0.15, -0.1) is 11.3 Å². The second kappa shape index (κ2) is 5.14. The third-order valence-electron chi connectivity index (χ3n) is 2.03. The number of halogens is 2. The molecule has 86 valence electrons. The minimum Gasteiger partial charge on any atom is -0.206 e. The average molecular weight is 333 g/mol. The number of thiophene rings is 1. The second-order valence-electron chi connectivity index (χ2n) is 3.08. The molecule has 0 amide bonds. The molecule has 3 nitrogen and oxygen atoms in total. The quantitative estimate of drug-likeness (QED) is 0.795. The van der Waals surface area contributed by atoms with E-state index in [9.17, 15) is 8.42 Å². The van der Waals surface area contributed by atoms with Gasteiger partial charge in [0.05, 0.1) is 4.34 Å². The van der Waals surface area contributed by atoms with Gasteiger partial charge in [0.15, 0.2) is 0 Å². The summed E-state index contributed by atoms with van der Waals surface area (Å²) in [5, 5.41) is 0.599. The number of hydrogen-bond acceptors (Lipinski definition) is 3. The first-order valence-electron chi connectivity index (χ1n) is 4.19. The maximum atomic E-state index is 12.0. The van der Waals surface area contributed by atoms with Crippen LogP contribution in [-0.4, -0.2) is 31.1 Å². The van der Waals surface area contributed by atoms with E-state index in [4.69, 9.17) is 11.6 Å². The van der Waals surface area contributed by atoms with Gasteiger partial charge in [0.1, 0.15) is 4.21 Å². The minimum absolute atomic E-state index is 0.0872. The molecular formula is C8H11BrClNO2S2. The van der Waals surface area contributed by atoms with Crippen molar-refractivity contribution in [2.24, 2.45) is 0 Å². The van der Waals surface area contributed by atoms with Crippen LogP contribution in [0.15, 0.2) is 16.3 Å². The first-order chi connectivity index (χ1) is 6.89. The van der Waals surface area contributed by atoms with Crippen LogP contribution in [-0.2, 0) is 10.0 Å². The van der Waals surface area contributed by atoms with Crippen LogP contribution in [0.2, 0.25) is 4.34 Å². The Morgan fingerprint density at radius 2 is 2.20 bits per heavy atom. The molecule has 1 rings (SSSR count). The Bertz CT molecular complexity index is 432. The van der Waals surface area contributed by atoms with E-state index in [1.165, 1.54) is 10.4 Å². The van der Waals surface area contributed by atoms with Crippen molar-refractivity contribution in [3.05, 3.63) is 16.5 Å². The Morgan fingerprint density at radius 3 is 2.60 bits per heavy atom. The molecule has 0 saturated heterocycles. The van der Waals surface area contributed by atoms with Gasteiger partial charge in [0.25, 0.3) is 10.0 Å². The predicted molar refractivity (Wildman–Crippen MR) is 67.5 cm³/mol. The van der Waals surface area contributed by atoms with Crippen LogP contribution in [0.4, 0.5) is 0 Å². The SMILES string of the molecule is CC(CBr)N(C)S(=O)(=O)c1ccc(Cl)s1. The van der Waals surface area contributed by atoms with Crippen molar-refractivity contribution in [3.63, 3.8) is 0 Å². The van der Waals surface area contributed by atoms with E-state index in [0.29, 0.717) is 9.67 Å². The fourth-order valence-electron chi connectivity index (χ4n) is 0.912. The first-order valence-corrected chi connectivity index (χ1v) is 7.94. The molecule has 0 N–H and O–H groups in total. The van der Waals surface area contributed by atoms with Crippen molar-refractivity contribution in [3.8, 4) is 0 Å². The predicted octanol–water partition coefficient (Wildman–Crippen LogP) is 2.81. The van der Waals surface area contributed by atoms with Gasteiger partial charge in [-0.3, -0.25) is 0 Å². The summed E-state index contributed by atoms with van der Waals surface area (Å²) in [6.07, 6.45) is 0. The summed E-state index contributed by atoms with van der Waals surface area (Å²) in [5.74, 6) is 0. The monoisotopic (exact) mass is 331 g/mol. The summed E-state index contributed by atoms with van der Waals surface area (Å²) < 4.78 is 26.1. The highest BCUT2D eigenvalue weighted by atomic mass is 79.9. The van der Waals surface area contributed by atoms with E-state index in [1.807, 2.05) is 6.92 Å². The summed E-state index contributed by atoms with van der Waals surface area (Å²) in [6.45, 7) is 1.83. The topological polar surface area (TPSA) is 37.4 Å². The van der Waals surface area contributed by atoms with Crippen molar-refractivity contribution >= 4 is 48.9 Å². The maximum Gasteiger partial charge on any atom is 0.252 e. The van der Waals surface area contributed by atoms with E-state index in [1.54, 1.807) is 13.1 Å². The zero-order valence-corrected chi connectivity index (χ0v) is 12.3. The lowest BCUT2D eigenvalue weighted by Crippen LogP contribution is -2.35. The highest BCUT2D eigenvalue weighted by molar-refractivity contribution is 9.09. The van der Waals surface area contributed by atoms with Gasteiger partial charge in [-0.1, -0.05) is 27.5 Å². The van der Waals surface area contributed by atoms with Crippen LogP contribution in [0.1, 0.15) is 6.92 Å². The summed E-state index contributed by atoms with van der Waals surface area (Å²) >= 11 is 10.0. The van der Waals surface area contributed by atoms with Crippen molar-refractivity contribution in [1.29, 1.82) is 0 Å². The van der Waals surface area contributed by atoms with Crippen molar-refractivity contribution in [1.82, 2.24) is 4.31 Å². The molecule has 0 aliphatic carbocycles. The smallest absolute Gasteiger partial charge is 0.206 e. The van der Waals surface area contributed by atoms with Crippen LogP contribution in [0.5, 0.6) is 0 Å². The minimum atomic E-state index is -3.39. The van der Waals surface area contributed by atoms with E-state index in [-0.39, 0.29) is 10.3 Å². The molecular weight excluding hydrogens is 322 g/mol. The summed E-state index contributed by atoms with van der Waals surface area (Å²) in [7, 11) is -1.83. The molecule has 0 fully saturated rings. The average Bonchev–Trinajstić information content (AvgIpc) is 2.63. The standard InChI is InChI=1S/C8H11BrClNO2S2/c1-6(5-9)11(2)15(12,13)8-4-3-7(10)14-8/h3-4,6H,5H2,1-2H3. The molecule has 1 atom stereocenters. The number of hydrogen-bond donors (Lipinski definition) is 0. The van der Waals surface area contributed by atoms with E-state index < -0.39 is 10.0 Å². The van der Waals surface area contributed by atoms with E-state index in [2.05, 4.69) is 15.9 Å². The Labute approximate surface area is 107 Å². The number of alkyl halides is 1. The molecule has 0 aliphatic rings. The Kier molecular flexibility index (Phi) is 4.61. The van der Waals surface area contributed by atoms with Crippen molar-refractivity contribution in [2.75, 3.05) is 12.4 Å². The fourth-order valence-corrected chi connectivity index (χ4v) is 4.57. The second-order valence-corrected chi connectivity index (χ2v) is 7.67. The van der Waals surface area contributed by atoms with E-state index in [0.717, 1.165) is 11.3 Å². The highest BCUT2D eigenvalue weighted by Gasteiger charge is 2.26. The van der Waals surface area contributed by atoms with Gasteiger partial charge in [0.2, 0.25) is 0 Å². The van der Waals surface area contributed by atoms with Crippen LogP contribution in [0.3, 0.4) is 0 Å². The zero-order valence-electron chi connectivity index (χ0n) is 8.28. The number of nitrogens with zero attached hydrogens (tertiary/aromatic N) is 1. The van der Waals surface area contributed by atoms with Gasteiger partial charge in [-0.05, 0) is 19.1 Å². The molecule has 15 heavy (non-hydrogen) atoms. The molecule has 1 heterocycles. The first kappa shape index (κ1) is 13.4. The molecule has 1 unspecified atom stereocenters. The third kappa shape index (κ3) is 2.94. The van der Waals surface area contributed by atoms with Crippen molar-refractivity contribution < 1.29 is 8.42 Å². The molecule has 1 aromatic rings. The molecule has 7 heteroatoms. The summed E-state index contributed by atoms with van der Waals surface area (Å²) in [5.41, 5.74) is 0. The zero-order chi connectivity index (χ0) is 11.6. The molecule has 0 bridgehead atoms. The molecule has 0 aliphatic heterocycles. The summed E-state index contributed by atoms with van der Waals surface area (Å²) in [4.78, 5) is 0. The Hall–Kier alpha value is 0.380. The van der Waals surface area contributed by atoms with Gasteiger partial charge in [0, 0.05) is 18.4 Å². The summed E-state index contributed by atoms with van der Waals surface area (Å²) in [6, 6.07) is 3.03. The number of rotatable bonds is 4. The van der Waals surface area contributed by atoms with Crippen LogP contribution in [0, 0.1) is 0 Å². The molecule has 1 aromatic heterocycles.